The zero-order valence-electron chi connectivity index (χ0n) is 9.52. The SMILES string of the molecule is CCC1CCC(NCCn2ccnc2)C1. The van der Waals surface area contributed by atoms with Gasteiger partial charge >= 0.3 is 0 Å². The van der Waals surface area contributed by atoms with Crippen LogP contribution < -0.4 is 5.32 Å². The highest BCUT2D eigenvalue weighted by Gasteiger charge is 2.22. The van der Waals surface area contributed by atoms with Crippen molar-refractivity contribution in [1.29, 1.82) is 0 Å². The summed E-state index contributed by atoms with van der Waals surface area (Å²) >= 11 is 0. The molecule has 2 rings (SSSR count). The fourth-order valence-electron chi connectivity index (χ4n) is 2.45. The number of nitrogens with one attached hydrogen (secondary N) is 1. The highest BCUT2D eigenvalue weighted by atomic mass is 15.0. The van der Waals surface area contributed by atoms with Gasteiger partial charge in [0.2, 0.25) is 0 Å². The summed E-state index contributed by atoms with van der Waals surface area (Å²) in [7, 11) is 0. The van der Waals surface area contributed by atoms with Crippen LogP contribution in [0.4, 0.5) is 0 Å². The second-order valence-corrected chi connectivity index (χ2v) is 4.54. The molecule has 0 radical (unpaired) electrons. The Morgan fingerprint density at radius 3 is 3.07 bits per heavy atom. The molecular formula is C12H21N3. The van der Waals surface area contributed by atoms with Crippen molar-refractivity contribution in [3.05, 3.63) is 18.7 Å². The van der Waals surface area contributed by atoms with Crippen molar-refractivity contribution in [1.82, 2.24) is 14.9 Å². The van der Waals surface area contributed by atoms with Gasteiger partial charge in [0.05, 0.1) is 6.33 Å². The van der Waals surface area contributed by atoms with Crippen LogP contribution in [0.3, 0.4) is 0 Å². The van der Waals surface area contributed by atoms with Crippen molar-refractivity contribution >= 4 is 0 Å². The molecule has 1 heterocycles. The maximum Gasteiger partial charge on any atom is 0.0946 e. The molecule has 1 aliphatic rings. The number of hydrogen-bond acceptors (Lipinski definition) is 2. The third-order valence-corrected chi connectivity index (χ3v) is 3.48. The summed E-state index contributed by atoms with van der Waals surface area (Å²) in [5.74, 6) is 0.968. The number of nitrogens with zero attached hydrogens (tertiary/aromatic N) is 2. The Morgan fingerprint density at radius 1 is 1.47 bits per heavy atom. The van der Waals surface area contributed by atoms with Crippen LogP contribution in [0.5, 0.6) is 0 Å². The predicted octanol–water partition coefficient (Wildman–Crippen LogP) is 2.05. The van der Waals surface area contributed by atoms with Crippen molar-refractivity contribution in [2.45, 2.75) is 45.2 Å². The fraction of sp³-hybridized carbons (Fsp3) is 0.750. The van der Waals surface area contributed by atoms with Gasteiger partial charge in [-0.05, 0) is 25.2 Å². The van der Waals surface area contributed by atoms with Crippen LogP contribution in [0, 0.1) is 5.92 Å². The lowest BCUT2D eigenvalue weighted by Gasteiger charge is -2.12. The molecule has 0 bridgehead atoms. The van der Waals surface area contributed by atoms with E-state index in [1.165, 1.54) is 25.7 Å². The number of aromatic nitrogens is 2. The Balaban J connectivity index is 1.63. The molecule has 1 aromatic heterocycles. The Morgan fingerprint density at radius 2 is 2.40 bits per heavy atom. The van der Waals surface area contributed by atoms with Crippen molar-refractivity contribution < 1.29 is 0 Å². The van der Waals surface area contributed by atoms with E-state index in [9.17, 15) is 0 Å². The number of rotatable bonds is 5. The molecule has 0 amide bonds. The Bertz CT molecular complexity index is 268. The predicted molar refractivity (Wildman–Crippen MR) is 61.6 cm³/mol. The van der Waals surface area contributed by atoms with Crippen molar-refractivity contribution in [3.63, 3.8) is 0 Å². The minimum atomic E-state index is 0.762. The van der Waals surface area contributed by atoms with Gasteiger partial charge in [-0.2, -0.15) is 0 Å². The van der Waals surface area contributed by atoms with E-state index in [0.717, 1.165) is 25.0 Å². The number of imidazole rings is 1. The first-order valence-electron chi connectivity index (χ1n) is 6.07. The summed E-state index contributed by atoms with van der Waals surface area (Å²) in [5.41, 5.74) is 0. The normalized spacial score (nSPS) is 25.9. The molecule has 15 heavy (non-hydrogen) atoms. The molecule has 3 nitrogen and oxygen atoms in total. The maximum atomic E-state index is 4.03. The molecule has 84 valence electrons. The molecule has 0 saturated heterocycles. The van der Waals surface area contributed by atoms with E-state index in [0.29, 0.717) is 0 Å². The second-order valence-electron chi connectivity index (χ2n) is 4.54. The summed E-state index contributed by atoms with van der Waals surface area (Å²) < 4.78 is 2.12. The fourth-order valence-corrected chi connectivity index (χ4v) is 2.45. The molecule has 1 aromatic rings. The minimum Gasteiger partial charge on any atom is -0.336 e. The molecule has 0 spiro atoms. The molecule has 1 fully saturated rings. The zero-order chi connectivity index (χ0) is 10.5. The summed E-state index contributed by atoms with van der Waals surface area (Å²) in [6, 6.07) is 0.762. The van der Waals surface area contributed by atoms with Crippen LogP contribution in [-0.2, 0) is 6.54 Å². The van der Waals surface area contributed by atoms with Gasteiger partial charge in [0.1, 0.15) is 0 Å². The van der Waals surface area contributed by atoms with E-state index in [1.807, 2.05) is 18.7 Å². The van der Waals surface area contributed by atoms with E-state index in [1.54, 1.807) is 0 Å². The van der Waals surface area contributed by atoms with Crippen LogP contribution in [0.2, 0.25) is 0 Å². The molecule has 0 aromatic carbocycles. The first-order chi connectivity index (χ1) is 7.38. The van der Waals surface area contributed by atoms with Crippen LogP contribution in [0.15, 0.2) is 18.7 Å². The molecule has 2 atom stereocenters. The lowest BCUT2D eigenvalue weighted by atomic mass is 10.1. The lowest BCUT2D eigenvalue weighted by Crippen LogP contribution is -2.29. The van der Waals surface area contributed by atoms with Gasteiger partial charge in [0.25, 0.3) is 0 Å². The van der Waals surface area contributed by atoms with Gasteiger partial charge in [-0.3, -0.25) is 0 Å². The number of hydrogen-bond donors (Lipinski definition) is 1. The largest absolute Gasteiger partial charge is 0.336 e. The molecule has 2 unspecified atom stereocenters. The molecule has 1 N–H and O–H groups in total. The molecule has 0 aliphatic heterocycles. The molecule has 3 heteroatoms. The highest BCUT2D eigenvalue weighted by molar-refractivity contribution is 4.80. The van der Waals surface area contributed by atoms with E-state index in [2.05, 4.69) is 21.8 Å². The minimum absolute atomic E-state index is 0.762. The summed E-state index contributed by atoms with van der Waals surface area (Å²) in [6.07, 6.45) is 11.2. The highest BCUT2D eigenvalue weighted by Crippen LogP contribution is 2.27. The Hall–Kier alpha value is -0.830. The van der Waals surface area contributed by atoms with E-state index in [-0.39, 0.29) is 0 Å². The van der Waals surface area contributed by atoms with Gasteiger partial charge in [0, 0.05) is 31.5 Å². The maximum absolute atomic E-state index is 4.03. The average molecular weight is 207 g/mol. The summed E-state index contributed by atoms with van der Waals surface area (Å²) in [6.45, 7) is 4.41. The monoisotopic (exact) mass is 207 g/mol. The van der Waals surface area contributed by atoms with Gasteiger partial charge in [0.15, 0.2) is 0 Å². The standard InChI is InChI=1S/C12H21N3/c1-2-11-3-4-12(9-11)14-6-8-15-7-5-13-10-15/h5,7,10-12,14H,2-4,6,8-9H2,1H3. The van der Waals surface area contributed by atoms with Gasteiger partial charge in [-0.15, -0.1) is 0 Å². The van der Waals surface area contributed by atoms with Crippen LogP contribution in [-0.4, -0.2) is 22.1 Å². The molecular weight excluding hydrogens is 186 g/mol. The lowest BCUT2D eigenvalue weighted by molar-refractivity contribution is 0.464. The summed E-state index contributed by atoms with van der Waals surface area (Å²) in [4.78, 5) is 4.03. The Labute approximate surface area is 91.9 Å². The van der Waals surface area contributed by atoms with Crippen molar-refractivity contribution in [2.24, 2.45) is 5.92 Å². The van der Waals surface area contributed by atoms with Gasteiger partial charge in [-0.25, -0.2) is 4.98 Å². The first-order valence-corrected chi connectivity index (χ1v) is 6.07. The van der Waals surface area contributed by atoms with E-state index < -0.39 is 0 Å². The van der Waals surface area contributed by atoms with E-state index >= 15 is 0 Å². The Kier molecular flexibility index (Phi) is 3.78. The average Bonchev–Trinajstić information content (AvgIpc) is 2.88. The second kappa shape index (κ2) is 5.31. The first kappa shape index (κ1) is 10.7. The van der Waals surface area contributed by atoms with Crippen LogP contribution in [0.25, 0.3) is 0 Å². The molecule has 1 aliphatic carbocycles. The van der Waals surface area contributed by atoms with Crippen LogP contribution in [0.1, 0.15) is 32.6 Å². The topological polar surface area (TPSA) is 29.9 Å². The van der Waals surface area contributed by atoms with Crippen molar-refractivity contribution in [2.75, 3.05) is 6.54 Å². The van der Waals surface area contributed by atoms with Crippen LogP contribution >= 0.6 is 0 Å². The van der Waals surface area contributed by atoms with E-state index in [4.69, 9.17) is 0 Å². The zero-order valence-corrected chi connectivity index (χ0v) is 9.52. The third kappa shape index (κ3) is 3.06. The van der Waals surface area contributed by atoms with Gasteiger partial charge < -0.3 is 9.88 Å². The van der Waals surface area contributed by atoms with Gasteiger partial charge in [-0.1, -0.05) is 13.3 Å². The molecule has 1 saturated carbocycles. The smallest absolute Gasteiger partial charge is 0.0946 e. The quantitative estimate of drug-likeness (QED) is 0.801. The summed E-state index contributed by atoms with van der Waals surface area (Å²) in [5, 5.41) is 3.64. The third-order valence-electron chi connectivity index (χ3n) is 3.48. The van der Waals surface area contributed by atoms with Crippen molar-refractivity contribution in [3.8, 4) is 0 Å².